The van der Waals surface area contributed by atoms with E-state index in [1.54, 1.807) is 6.41 Å². The Hall–Kier alpha value is -1.51. The van der Waals surface area contributed by atoms with Gasteiger partial charge in [-0.15, -0.1) is 0 Å². The summed E-state index contributed by atoms with van der Waals surface area (Å²) in [5.41, 5.74) is 0.736. The number of carbonyl (C=O) groups excluding carboxylic acids is 1. The molecule has 0 saturated carbocycles. The first-order chi connectivity index (χ1) is 9.86. The van der Waals surface area contributed by atoms with Crippen LogP contribution in [0.4, 0.5) is 5.69 Å². The van der Waals surface area contributed by atoms with E-state index in [1.807, 2.05) is 24.3 Å². The Morgan fingerprint density at radius 3 is 2.15 bits per heavy atom. The second kappa shape index (κ2) is 11.3. The first-order valence-corrected chi connectivity index (χ1v) is 7.73. The lowest BCUT2D eigenvalue weighted by atomic mass is 10.1. The molecule has 3 heteroatoms. The molecule has 0 atom stereocenters. The van der Waals surface area contributed by atoms with Crippen LogP contribution in [0.2, 0.25) is 0 Å². The van der Waals surface area contributed by atoms with Gasteiger partial charge in [0.25, 0.3) is 0 Å². The molecule has 0 bridgehead atoms. The van der Waals surface area contributed by atoms with E-state index in [2.05, 4.69) is 12.2 Å². The summed E-state index contributed by atoms with van der Waals surface area (Å²) in [5, 5.41) is 2.48. The fourth-order valence-electron chi connectivity index (χ4n) is 2.12. The lowest BCUT2D eigenvalue weighted by Gasteiger charge is -2.07. The quantitative estimate of drug-likeness (QED) is 0.444. The molecule has 3 nitrogen and oxygen atoms in total. The van der Waals surface area contributed by atoms with Crippen LogP contribution in [0.25, 0.3) is 0 Å². The minimum absolute atomic E-state index is 0.736. The number of unbranched alkanes of at least 4 members (excludes halogenated alkanes) is 7. The van der Waals surface area contributed by atoms with Crippen LogP contribution in [0, 0.1) is 0 Å². The van der Waals surface area contributed by atoms with Gasteiger partial charge >= 0.3 is 6.41 Å². The summed E-state index contributed by atoms with van der Waals surface area (Å²) in [7, 11) is 0. The fraction of sp³-hybridized carbons (Fsp3) is 0.588. The molecule has 1 aromatic rings. The molecule has 20 heavy (non-hydrogen) atoms. The summed E-state index contributed by atoms with van der Waals surface area (Å²) in [4.78, 5) is 10.1. The van der Waals surface area contributed by atoms with Crippen molar-refractivity contribution in [2.45, 2.75) is 58.3 Å². The van der Waals surface area contributed by atoms with E-state index in [1.165, 1.54) is 44.9 Å². The Labute approximate surface area is 122 Å². The van der Waals surface area contributed by atoms with Gasteiger partial charge in [0.15, 0.2) is 0 Å². The van der Waals surface area contributed by atoms with Gasteiger partial charge in [-0.3, -0.25) is 4.79 Å². The monoisotopic (exact) mass is 276 g/mol. The Balaban J connectivity index is 1.99. The number of hydrogen-bond acceptors (Lipinski definition) is 2. The average molecular weight is 276 g/mol. The maximum Gasteiger partial charge on any atom is 0.314 e. The van der Waals surface area contributed by atoms with Crippen molar-refractivity contribution in [2.75, 3.05) is 11.9 Å². The zero-order valence-electron chi connectivity index (χ0n) is 12.5. The zero-order valence-corrected chi connectivity index (χ0v) is 12.5. The Bertz CT molecular complexity index is 349. The van der Waals surface area contributed by atoms with Crippen molar-refractivity contribution in [1.82, 2.24) is 0 Å². The highest BCUT2D eigenvalue weighted by Crippen LogP contribution is 2.16. The van der Waals surface area contributed by atoms with Gasteiger partial charge in [-0.2, -0.15) is 0 Å². The van der Waals surface area contributed by atoms with Gasteiger partial charge in [0.2, 0.25) is 0 Å². The Morgan fingerprint density at radius 2 is 1.55 bits per heavy atom. The van der Waals surface area contributed by atoms with Gasteiger partial charge in [-0.05, 0) is 30.7 Å². The molecule has 0 spiro atoms. The largest absolute Gasteiger partial charge is 0.494 e. The van der Waals surface area contributed by atoms with Crippen LogP contribution in [0.1, 0.15) is 58.3 Å². The van der Waals surface area contributed by atoms with Crippen LogP contribution in [-0.2, 0) is 4.79 Å². The molecular formula is C17H26NO2. The molecule has 0 aliphatic heterocycles. The van der Waals surface area contributed by atoms with Gasteiger partial charge in [0.1, 0.15) is 5.75 Å². The van der Waals surface area contributed by atoms with E-state index in [4.69, 9.17) is 4.74 Å². The highest BCUT2D eigenvalue weighted by Gasteiger charge is 1.96. The molecule has 1 amide bonds. The van der Waals surface area contributed by atoms with Gasteiger partial charge in [-0.25, -0.2) is 0 Å². The third-order valence-electron chi connectivity index (χ3n) is 3.32. The second-order valence-electron chi connectivity index (χ2n) is 5.07. The molecule has 0 aliphatic carbocycles. The molecule has 0 fully saturated rings. The number of rotatable bonds is 12. The summed E-state index contributed by atoms with van der Waals surface area (Å²) in [6.07, 6.45) is 12.1. The van der Waals surface area contributed by atoms with Crippen molar-refractivity contribution in [1.29, 1.82) is 0 Å². The summed E-state index contributed by atoms with van der Waals surface area (Å²) < 4.78 is 5.66. The molecular weight excluding hydrogens is 250 g/mol. The SMILES string of the molecule is CCCCCCCCCCOc1ccc(N[C]=O)cc1. The van der Waals surface area contributed by atoms with Crippen molar-refractivity contribution in [3.8, 4) is 5.75 Å². The van der Waals surface area contributed by atoms with Gasteiger partial charge in [0.05, 0.1) is 6.61 Å². The van der Waals surface area contributed by atoms with Crippen molar-refractivity contribution < 1.29 is 9.53 Å². The normalized spacial score (nSPS) is 10.2. The van der Waals surface area contributed by atoms with E-state index < -0.39 is 0 Å². The summed E-state index contributed by atoms with van der Waals surface area (Å²) in [6, 6.07) is 7.36. The first-order valence-electron chi connectivity index (χ1n) is 7.73. The molecule has 111 valence electrons. The van der Waals surface area contributed by atoms with Crippen LogP contribution in [0.15, 0.2) is 24.3 Å². The van der Waals surface area contributed by atoms with E-state index in [0.29, 0.717) is 0 Å². The van der Waals surface area contributed by atoms with Crippen molar-refractivity contribution in [3.63, 3.8) is 0 Å². The fourth-order valence-corrected chi connectivity index (χ4v) is 2.12. The van der Waals surface area contributed by atoms with E-state index in [0.717, 1.165) is 24.5 Å². The smallest absolute Gasteiger partial charge is 0.314 e. The van der Waals surface area contributed by atoms with Crippen LogP contribution >= 0.6 is 0 Å². The second-order valence-corrected chi connectivity index (χ2v) is 5.07. The van der Waals surface area contributed by atoms with Gasteiger partial charge in [0, 0.05) is 5.69 Å². The zero-order chi connectivity index (χ0) is 14.5. The predicted molar refractivity (Wildman–Crippen MR) is 83.9 cm³/mol. The highest BCUT2D eigenvalue weighted by atomic mass is 16.5. The minimum atomic E-state index is 0.736. The summed E-state index contributed by atoms with van der Waals surface area (Å²) in [6.45, 7) is 3.01. The first kappa shape index (κ1) is 16.5. The molecule has 0 heterocycles. The number of hydrogen-bond donors (Lipinski definition) is 1. The van der Waals surface area contributed by atoms with Crippen LogP contribution < -0.4 is 10.1 Å². The predicted octanol–water partition coefficient (Wildman–Crippen LogP) is 4.69. The molecule has 1 N–H and O–H groups in total. The molecule has 0 saturated heterocycles. The minimum Gasteiger partial charge on any atom is -0.494 e. The lowest BCUT2D eigenvalue weighted by molar-refractivity contribution is 0.304. The number of anilines is 1. The topological polar surface area (TPSA) is 38.3 Å². The maximum absolute atomic E-state index is 10.1. The Morgan fingerprint density at radius 1 is 0.950 bits per heavy atom. The Kier molecular flexibility index (Phi) is 9.37. The van der Waals surface area contributed by atoms with Crippen molar-refractivity contribution >= 4 is 12.1 Å². The average Bonchev–Trinajstić information content (AvgIpc) is 2.47. The van der Waals surface area contributed by atoms with Crippen molar-refractivity contribution in [3.05, 3.63) is 24.3 Å². The third kappa shape index (κ3) is 7.82. The lowest BCUT2D eigenvalue weighted by Crippen LogP contribution is -1.98. The molecule has 0 unspecified atom stereocenters. The van der Waals surface area contributed by atoms with Gasteiger partial charge in [-0.1, -0.05) is 51.9 Å². The van der Waals surface area contributed by atoms with Crippen LogP contribution in [0.3, 0.4) is 0 Å². The molecule has 1 aromatic carbocycles. The number of benzene rings is 1. The van der Waals surface area contributed by atoms with E-state index >= 15 is 0 Å². The number of nitrogens with one attached hydrogen (secondary N) is 1. The van der Waals surface area contributed by atoms with Crippen LogP contribution in [0.5, 0.6) is 5.75 Å². The third-order valence-corrected chi connectivity index (χ3v) is 3.32. The van der Waals surface area contributed by atoms with E-state index in [9.17, 15) is 4.79 Å². The highest BCUT2D eigenvalue weighted by molar-refractivity contribution is 5.71. The standard InChI is InChI=1S/C17H26NO2/c1-2-3-4-5-6-7-8-9-14-20-17-12-10-16(11-13-17)18-15-19/h10-13H,2-9,14H2,1H3,(H,18,19). The molecule has 0 aromatic heterocycles. The molecule has 1 radical (unpaired) electrons. The number of amides is 1. The summed E-state index contributed by atoms with van der Waals surface area (Å²) in [5.74, 6) is 0.851. The van der Waals surface area contributed by atoms with Crippen molar-refractivity contribution in [2.24, 2.45) is 0 Å². The molecule has 0 aliphatic rings. The van der Waals surface area contributed by atoms with E-state index in [-0.39, 0.29) is 0 Å². The maximum atomic E-state index is 10.1. The van der Waals surface area contributed by atoms with Gasteiger partial charge < -0.3 is 10.1 Å². The van der Waals surface area contributed by atoms with Crippen LogP contribution in [-0.4, -0.2) is 13.0 Å². The molecule has 1 rings (SSSR count). The number of ether oxygens (including phenoxy) is 1. The summed E-state index contributed by atoms with van der Waals surface area (Å²) >= 11 is 0.